The number of pyridine rings is 1. The largest absolute Gasteiger partial charge is 0.497 e. The first kappa shape index (κ1) is 21.6. The van der Waals surface area contributed by atoms with Crippen LogP contribution in [0.3, 0.4) is 0 Å². The van der Waals surface area contributed by atoms with E-state index < -0.39 is 6.04 Å². The highest BCUT2D eigenvalue weighted by molar-refractivity contribution is 5.89. The first-order valence-electron chi connectivity index (χ1n) is 10.2. The number of carbonyl (C=O) groups excluding carboxylic acids is 1. The third-order valence-electron chi connectivity index (χ3n) is 4.78. The molecule has 6 heteroatoms. The number of unbranched alkanes of at least 4 members (excludes halogenated alkanes) is 1. The van der Waals surface area contributed by atoms with Gasteiger partial charge < -0.3 is 19.9 Å². The maximum Gasteiger partial charge on any atom is 0.323 e. The molecule has 6 nitrogen and oxygen atoms in total. The zero-order valence-corrected chi connectivity index (χ0v) is 17.5. The zero-order chi connectivity index (χ0) is 21.3. The number of esters is 1. The summed E-state index contributed by atoms with van der Waals surface area (Å²) >= 11 is 0. The number of methoxy groups -OCH3 is 1. The molecular formula is C24H28N2O4. The molecule has 0 bridgehead atoms. The summed E-state index contributed by atoms with van der Waals surface area (Å²) in [5, 5.41) is 0.870. The van der Waals surface area contributed by atoms with Gasteiger partial charge in [-0.2, -0.15) is 0 Å². The molecule has 0 saturated carbocycles. The van der Waals surface area contributed by atoms with E-state index in [-0.39, 0.29) is 5.97 Å². The van der Waals surface area contributed by atoms with Gasteiger partial charge >= 0.3 is 5.97 Å². The Morgan fingerprint density at radius 1 is 1.10 bits per heavy atom. The number of carbonyl (C=O) groups is 1. The Morgan fingerprint density at radius 3 is 2.63 bits per heavy atom. The van der Waals surface area contributed by atoms with Crippen molar-refractivity contribution in [1.29, 1.82) is 0 Å². The maximum atomic E-state index is 12.0. The van der Waals surface area contributed by atoms with E-state index in [2.05, 4.69) is 0 Å². The zero-order valence-electron chi connectivity index (χ0n) is 17.5. The lowest BCUT2D eigenvalue weighted by Crippen LogP contribution is -2.34. The molecule has 0 spiro atoms. The number of aromatic nitrogens is 1. The van der Waals surface area contributed by atoms with Crippen LogP contribution >= 0.6 is 0 Å². The molecule has 0 fully saturated rings. The van der Waals surface area contributed by atoms with Crippen LogP contribution in [0.15, 0.2) is 54.6 Å². The number of hydrogen-bond acceptors (Lipinski definition) is 6. The number of hydrogen-bond donors (Lipinski definition) is 1. The fourth-order valence-electron chi connectivity index (χ4n) is 3.02. The average molecular weight is 408 g/mol. The molecule has 2 N–H and O–H groups in total. The van der Waals surface area contributed by atoms with Gasteiger partial charge in [-0.05, 0) is 18.6 Å². The predicted octanol–water partition coefficient (Wildman–Crippen LogP) is 4.35. The molecule has 0 unspecified atom stereocenters. The molecule has 158 valence electrons. The Hall–Kier alpha value is -3.12. The monoisotopic (exact) mass is 408 g/mol. The molecule has 0 aliphatic heterocycles. The van der Waals surface area contributed by atoms with Crippen molar-refractivity contribution in [3.05, 3.63) is 54.6 Å². The summed E-state index contributed by atoms with van der Waals surface area (Å²) in [5.41, 5.74) is 8.51. The van der Waals surface area contributed by atoms with Gasteiger partial charge in [0.15, 0.2) is 0 Å². The number of nitrogens with zero attached hydrogens (tertiary/aromatic N) is 1. The second-order valence-electron chi connectivity index (χ2n) is 7.02. The van der Waals surface area contributed by atoms with Crippen molar-refractivity contribution < 1.29 is 19.0 Å². The van der Waals surface area contributed by atoms with Gasteiger partial charge in [0.1, 0.15) is 17.5 Å². The topological polar surface area (TPSA) is 83.7 Å². The van der Waals surface area contributed by atoms with Crippen LogP contribution in [-0.4, -0.2) is 37.3 Å². The smallest absolute Gasteiger partial charge is 0.323 e. The van der Waals surface area contributed by atoms with Crippen molar-refractivity contribution in [1.82, 2.24) is 4.98 Å². The molecule has 0 saturated heterocycles. The first-order chi connectivity index (χ1) is 14.6. The summed E-state index contributed by atoms with van der Waals surface area (Å²) in [6.07, 6.45) is 2.17. The molecule has 3 rings (SSSR count). The highest BCUT2D eigenvalue weighted by Gasteiger charge is 2.16. The van der Waals surface area contributed by atoms with Crippen molar-refractivity contribution in [2.75, 3.05) is 20.3 Å². The Labute approximate surface area is 177 Å². The quantitative estimate of drug-likeness (QED) is 0.397. The first-order valence-corrected chi connectivity index (χ1v) is 10.2. The lowest BCUT2D eigenvalue weighted by molar-refractivity contribution is -0.145. The van der Waals surface area contributed by atoms with Gasteiger partial charge in [0.2, 0.25) is 0 Å². The van der Waals surface area contributed by atoms with Crippen LogP contribution in [0, 0.1) is 0 Å². The summed E-state index contributed by atoms with van der Waals surface area (Å²) in [6, 6.07) is 16.8. The van der Waals surface area contributed by atoms with Crippen LogP contribution in [0.4, 0.5) is 0 Å². The Kier molecular flexibility index (Phi) is 7.63. The predicted molar refractivity (Wildman–Crippen MR) is 118 cm³/mol. The van der Waals surface area contributed by atoms with Crippen LogP contribution in [0.1, 0.15) is 26.2 Å². The van der Waals surface area contributed by atoms with Gasteiger partial charge in [0, 0.05) is 29.5 Å². The van der Waals surface area contributed by atoms with E-state index >= 15 is 0 Å². The second-order valence-corrected chi connectivity index (χ2v) is 7.02. The van der Waals surface area contributed by atoms with E-state index in [4.69, 9.17) is 24.9 Å². The summed E-state index contributed by atoms with van der Waals surface area (Å²) < 4.78 is 16.5. The van der Waals surface area contributed by atoms with Gasteiger partial charge in [0.25, 0.3) is 0 Å². The number of fused-ring (bicyclic) bond motifs is 1. The molecule has 0 aliphatic carbocycles. The molecule has 3 aromatic rings. The Bertz CT molecular complexity index is 976. The van der Waals surface area contributed by atoms with E-state index in [0.717, 1.165) is 40.8 Å². The third-order valence-corrected chi connectivity index (χ3v) is 4.78. The molecule has 1 atom stereocenters. The Balaban J connectivity index is 1.77. The number of nitrogens with two attached hydrogens (primary N) is 1. The van der Waals surface area contributed by atoms with Crippen molar-refractivity contribution in [2.45, 2.75) is 32.2 Å². The molecular weight excluding hydrogens is 380 g/mol. The summed E-state index contributed by atoms with van der Waals surface area (Å²) in [4.78, 5) is 16.7. The molecule has 30 heavy (non-hydrogen) atoms. The van der Waals surface area contributed by atoms with Gasteiger partial charge in [-0.1, -0.05) is 43.7 Å². The maximum absolute atomic E-state index is 12.0. The van der Waals surface area contributed by atoms with E-state index in [1.807, 2.05) is 61.5 Å². The Morgan fingerprint density at radius 2 is 1.90 bits per heavy atom. The fraction of sp³-hybridized carbons (Fsp3) is 0.333. The standard InChI is InChI=1S/C24H28N2O4/c1-3-4-13-30-24(27)20(25)12-14-29-23-16-21(17-8-6-5-7-9-17)26-22-15-18(28-2)10-11-19(22)23/h5-11,15-16,20H,3-4,12-14,25H2,1-2H3/t20-/m0/s1. The highest BCUT2D eigenvalue weighted by atomic mass is 16.5. The number of benzene rings is 2. The number of rotatable bonds is 10. The second kappa shape index (κ2) is 10.6. The van der Waals surface area contributed by atoms with Gasteiger partial charge in [-0.25, -0.2) is 4.98 Å². The van der Waals surface area contributed by atoms with Crippen LogP contribution in [0.25, 0.3) is 22.2 Å². The lowest BCUT2D eigenvalue weighted by atomic mass is 10.1. The van der Waals surface area contributed by atoms with E-state index in [9.17, 15) is 4.79 Å². The molecule has 0 radical (unpaired) electrons. The molecule has 2 aromatic carbocycles. The van der Waals surface area contributed by atoms with Crippen LogP contribution in [0.5, 0.6) is 11.5 Å². The van der Waals surface area contributed by atoms with E-state index in [0.29, 0.717) is 25.4 Å². The number of ether oxygens (including phenoxy) is 3. The van der Waals surface area contributed by atoms with E-state index in [1.165, 1.54) is 0 Å². The SMILES string of the molecule is CCCCOC(=O)[C@@H](N)CCOc1cc(-c2ccccc2)nc2cc(OC)ccc12. The normalized spacial score (nSPS) is 11.8. The summed E-state index contributed by atoms with van der Waals surface area (Å²) in [7, 11) is 1.63. The molecule has 0 amide bonds. The minimum Gasteiger partial charge on any atom is -0.497 e. The van der Waals surface area contributed by atoms with Crippen molar-refractivity contribution in [3.8, 4) is 22.8 Å². The van der Waals surface area contributed by atoms with Crippen molar-refractivity contribution in [3.63, 3.8) is 0 Å². The van der Waals surface area contributed by atoms with Crippen molar-refractivity contribution >= 4 is 16.9 Å². The minimum absolute atomic E-state index is 0.295. The van der Waals surface area contributed by atoms with Gasteiger partial charge in [-0.15, -0.1) is 0 Å². The van der Waals surface area contributed by atoms with E-state index in [1.54, 1.807) is 7.11 Å². The summed E-state index contributed by atoms with van der Waals surface area (Å²) in [5.74, 6) is 1.03. The van der Waals surface area contributed by atoms with Crippen molar-refractivity contribution in [2.24, 2.45) is 5.73 Å². The fourth-order valence-corrected chi connectivity index (χ4v) is 3.02. The highest BCUT2D eigenvalue weighted by Crippen LogP contribution is 2.32. The average Bonchev–Trinajstić information content (AvgIpc) is 2.79. The van der Waals surface area contributed by atoms with Crippen LogP contribution < -0.4 is 15.2 Å². The van der Waals surface area contributed by atoms with Crippen LogP contribution in [-0.2, 0) is 9.53 Å². The van der Waals surface area contributed by atoms with Crippen LogP contribution in [0.2, 0.25) is 0 Å². The van der Waals surface area contributed by atoms with Gasteiger partial charge in [-0.3, -0.25) is 4.79 Å². The summed E-state index contributed by atoms with van der Waals surface area (Å²) in [6.45, 7) is 2.74. The molecule has 0 aliphatic rings. The third kappa shape index (κ3) is 5.48. The molecule has 1 heterocycles. The minimum atomic E-state index is -0.705. The van der Waals surface area contributed by atoms with Gasteiger partial charge in [0.05, 0.1) is 31.5 Å². The molecule has 1 aromatic heterocycles. The lowest BCUT2D eigenvalue weighted by Gasteiger charge is -2.15.